The maximum Gasteiger partial charge on any atom is 0.234 e. The number of aromatic nitrogens is 3. The lowest BCUT2D eigenvalue weighted by Crippen LogP contribution is -1.97. The molecule has 0 saturated heterocycles. The van der Waals surface area contributed by atoms with Crippen LogP contribution < -0.4 is 5.73 Å². The summed E-state index contributed by atoms with van der Waals surface area (Å²) in [6.45, 7) is 1.87. The Morgan fingerprint density at radius 1 is 1.55 bits per heavy atom. The van der Waals surface area contributed by atoms with Gasteiger partial charge in [-0.3, -0.25) is 4.40 Å². The van der Waals surface area contributed by atoms with Crippen LogP contribution in [-0.2, 0) is 0 Å². The fourth-order valence-electron chi connectivity index (χ4n) is 0.950. The van der Waals surface area contributed by atoms with Crippen LogP contribution in [0.2, 0.25) is 0 Å². The molecule has 56 valence electrons. The number of fused-ring (bicyclic) bond motifs is 1. The molecule has 11 heavy (non-hydrogen) atoms. The molecule has 0 aliphatic rings. The van der Waals surface area contributed by atoms with Gasteiger partial charge >= 0.3 is 0 Å². The molecule has 0 aromatic carbocycles. The van der Waals surface area contributed by atoms with Crippen LogP contribution in [0.4, 0.5) is 5.69 Å². The highest BCUT2D eigenvalue weighted by Gasteiger charge is 1.98. The van der Waals surface area contributed by atoms with Crippen molar-refractivity contribution in [1.82, 2.24) is 14.4 Å². The van der Waals surface area contributed by atoms with Crippen LogP contribution >= 0.6 is 0 Å². The van der Waals surface area contributed by atoms with E-state index in [-0.39, 0.29) is 0 Å². The number of rotatable bonds is 0. The van der Waals surface area contributed by atoms with Gasteiger partial charge in [-0.05, 0) is 6.92 Å². The molecule has 2 aromatic heterocycles. The van der Waals surface area contributed by atoms with Crippen LogP contribution in [0.5, 0.6) is 0 Å². The monoisotopic (exact) mass is 148 g/mol. The van der Waals surface area contributed by atoms with Crippen molar-refractivity contribution < 1.29 is 0 Å². The minimum absolute atomic E-state index is 0.690. The lowest BCUT2D eigenvalue weighted by molar-refractivity contribution is 1.08. The Morgan fingerprint density at radius 2 is 2.36 bits per heavy atom. The summed E-state index contributed by atoms with van der Waals surface area (Å²) in [5, 5.41) is 0. The molecule has 0 aliphatic carbocycles. The van der Waals surface area contributed by atoms with Crippen LogP contribution in [-0.4, -0.2) is 14.4 Å². The van der Waals surface area contributed by atoms with Crippen molar-refractivity contribution in [1.29, 1.82) is 0 Å². The Morgan fingerprint density at radius 3 is 3.18 bits per heavy atom. The van der Waals surface area contributed by atoms with Crippen LogP contribution in [0.25, 0.3) is 5.78 Å². The second-order valence-electron chi connectivity index (χ2n) is 2.42. The number of nitrogen functional groups attached to an aromatic ring is 1. The first-order valence-electron chi connectivity index (χ1n) is 3.33. The predicted octanol–water partition coefficient (Wildman–Crippen LogP) is 0.620. The number of nitrogens with zero attached hydrogens (tertiary/aromatic N) is 3. The van der Waals surface area contributed by atoms with Crippen molar-refractivity contribution in [2.45, 2.75) is 6.92 Å². The normalized spacial score (nSPS) is 10.6. The number of imidazole rings is 1. The van der Waals surface area contributed by atoms with Crippen molar-refractivity contribution in [2.24, 2.45) is 0 Å². The van der Waals surface area contributed by atoms with E-state index < -0.39 is 0 Å². The number of nitrogens with two attached hydrogens (primary N) is 1. The Balaban J connectivity index is 2.86. The molecule has 0 saturated carbocycles. The van der Waals surface area contributed by atoms with E-state index in [0.29, 0.717) is 11.5 Å². The van der Waals surface area contributed by atoms with Gasteiger partial charge in [-0.2, -0.15) is 0 Å². The van der Waals surface area contributed by atoms with Crippen LogP contribution in [0.3, 0.4) is 0 Å². The quantitative estimate of drug-likeness (QED) is 0.595. The van der Waals surface area contributed by atoms with E-state index in [1.807, 2.05) is 19.3 Å². The summed E-state index contributed by atoms with van der Waals surface area (Å²) < 4.78 is 1.79. The maximum atomic E-state index is 5.63. The fraction of sp³-hybridized carbons (Fsp3) is 0.143. The second-order valence-corrected chi connectivity index (χ2v) is 2.42. The first kappa shape index (κ1) is 6.15. The molecule has 4 nitrogen and oxygen atoms in total. The largest absolute Gasteiger partial charge is 0.396 e. The molecule has 4 heteroatoms. The molecule has 2 rings (SSSR count). The molecule has 0 unspecified atom stereocenters. The van der Waals surface area contributed by atoms with Crippen molar-refractivity contribution in [3.05, 3.63) is 24.3 Å². The molecular weight excluding hydrogens is 140 g/mol. The third-order valence-corrected chi connectivity index (χ3v) is 1.61. The molecule has 0 atom stereocenters. The van der Waals surface area contributed by atoms with Crippen molar-refractivity contribution in [3.8, 4) is 0 Å². The second kappa shape index (κ2) is 1.95. The van der Waals surface area contributed by atoms with Gasteiger partial charge in [0, 0.05) is 18.6 Å². The Kier molecular flexibility index (Phi) is 1.09. The third kappa shape index (κ3) is 0.832. The van der Waals surface area contributed by atoms with E-state index in [9.17, 15) is 0 Å². The molecule has 0 bridgehead atoms. The van der Waals surface area contributed by atoms with Gasteiger partial charge in [-0.1, -0.05) is 0 Å². The van der Waals surface area contributed by atoms with Gasteiger partial charge in [0.1, 0.15) is 0 Å². The van der Waals surface area contributed by atoms with E-state index in [4.69, 9.17) is 5.73 Å². The van der Waals surface area contributed by atoms with E-state index in [1.165, 1.54) is 0 Å². The van der Waals surface area contributed by atoms with Crippen LogP contribution in [0.15, 0.2) is 18.6 Å². The highest BCUT2D eigenvalue weighted by molar-refractivity contribution is 5.45. The van der Waals surface area contributed by atoms with Gasteiger partial charge in [0.25, 0.3) is 0 Å². The summed E-state index contributed by atoms with van der Waals surface area (Å²) in [5.41, 5.74) is 7.15. The number of anilines is 1. The van der Waals surface area contributed by atoms with Crippen molar-refractivity contribution in [3.63, 3.8) is 0 Å². The highest BCUT2D eigenvalue weighted by atomic mass is 15.1. The molecule has 2 aromatic rings. The van der Waals surface area contributed by atoms with Crippen LogP contribution in [0.1, 0.15) is 5.69 Å². The molecule has 0 radical (unpaired) electrons. The molecule has 2 N–H and O–H groups in total. The Hall–Kier alpha value is -1.58. The van der Waals surface area contributed by atoms with E-state index >= 15 is 0 Å². The smallest absolute Gasteiger partial charge is 0.234 e. The number of hydrogen-bond acceptors (Lipinski definition) is 3. The van der Waals surface area contributed by atoms with Gasteiger partial charge in [-0.25, -0.2) is 9.97 Å². The standard InChI is InChI=1S/C7H8N4/c1-5-6(8)4-11-3-2-9-7(11)10-5/h2-4H,8H2,1H3. The maximum absolute atomic E-state index is 5.63. The summed E-state index contributed by atoms with van der Waals surface area (Å²) in [5.74, 6) is 0.691. The van der Waals surface area contributed by atoms with Crippen molar-refractivity contribution >= 4 is 11.5 Å². The van der Waals surface area contributed by atoms with E-state index in [1.54, 1.807) is 10.6 Å². The Bertz CT molecular complexity index is 354. The molecule has 0 spiro atoms. The zero-order valence-corrected chi connectivity index (χ0v) is 6.15. The zero-order chi connectivity index (χ0) is 7.84. The zero-order valence-electron chi connectivity index (χ0n) is 6.15. The van der Waals surface area contributed by atoms with Gasteiger partial charge in [0.15, 0.2) is 0 Å². The van der Waals surface area contributed by atoms with Crippen molar-refractivity contribution in [2.75, 3.05) is 5.73 Å². The summed E-state index contributed by atoms with van der Waals surface area (Å²) in [4.78, 5) is 8.18. The van der Waals surface area contributed by atoms with Gasteiger partial charge in [0.05, 0.1) is 11.4 Å². The summed E-state index contributed by atoms with van der Waals surface area (Å²) in [6, 6.07) is 0. The van der Waals surface area contributed by atoms with E-state index in [0.717, 1.165) is 5.69 Å². The summed E-state index contributed by atoms with van der Waals surface area (Å²) >= 11 is 0. The first-order chi connectivity index (χ1) is 5.27. The van der Waals surface area contributed by atoms with Gasteiger partial charge < -0.3 is 5.73 Å². The Labute approximate surface area is 63.7 Å². The summed E-state index contributed by atoms with van der Waals surface area (Å²) in [7, 11) is 0. The molecule has 0 fully saturated rings. The lowest BCUT2D eigenvalue weighted by atomic mass is 10.4. The molecule has 2 heterocycles. The minimum Gasteiger partial charge on any atom is -0.396 e. The predicted molar refractivity (Wildman–Crippen MR) is 42.1 cm³/mol. The average molecular weight is 148 g/mol. The molecular formula is C7H8N4. The third-order valence-electron chi connectivity index (χ3n) is 1.61. The summed E-state index contributed by atoms with van der Waals surface area (Å²) in [6.07, 6.45) is 5.32. The van der Waals surface area contributed by atoms with Crippen LogP contribution in [0, 0.1) is 6.92 Å². The SMILES string of the molecule is Cc1nc2nccn2cc1N. The lowest BCUT2D eigenvalue weighted by Gasteiger charge is -1.98. The average Bonchev–Trinajstić information content (AvgIpc) is 2.36. The van der Waals surface area contributed by atoms with Gasteiger partial charge in [-0.15, -0.1) is 0 Å². The first-order valence-corrected chi connectivity index (χ1v) is 3.33. The fourth-order valence-corrected chi connectivity index (χ4v) is 0.950. The van der Waals surface area contributed by atoms with Gasteiger partial charge in [0.2, 0.25) is 5.78 Å². The molecule has 0 amide bonds. The van der Waals surface area contributed by atoms with E-state index in [2.05, 4.69) is 9.97 Å². The minimum atomic E-state index is 0.690. The molecule has 0 aliphatic heterocycles. The topological polar surface area (TPSA) is 56.2 Å². The number of hydrogen-bond donors (Lipinski definition) is 1. The number of aryl methyl sites for hydroxylation is 1. The highest BCUT2D eigenvalue weighted by Crippen LogP contribution is 2.07.